The minimum atomic E-state index is 0.0631. The summed E-state index contributed by atoms with van der Waals surface area (Å²) >= 11 is 4.78. The second kappa shape index (κ2) is 8.47. The van der Waals surface area contributed by atoms with Gasteiger partial charge < -0.3 is 0 Å². The Morgan fingerprint density at radius 2 is 1.92 bits per heavy atom. The van der Waals surface area contributed by atoms with Crippen LogP contribution in [0.5, 0.6) is 0 Å². The maximum atomic E-state index is 12.4. The van der Waals surface area contributed by atoms with E-state index in [9.17, 15) is 4.79 Å². The lowest BCUT2D eigenvalue weighted by Crippen LogP contribution is -2.05. The fraction of sp³-hybridized carbons (Fsp3) is 0.150. The SMILES string of the molecule is C=CCn1c(SCC(=O)c2ccc(Br)cc2)nnc1-c1ccccc1C. The van der Waals surface area contributed by atoms with Gasteiger partial charge in [-0.3, -0.25) is 9.36 Å². The van der Waals surface area contributed by atoms with Crippen LogP contribution in [0.15, 0.2) is 70.8 Å². The molecule has 2 aromatic carbocycles. The topological polar surface area (TPSA) is 47.8 Å². The monoisotopic (exact) mass is 427 g/mol. The van der Waals surface area contributed by atoms with Crippen molar-refractivity contribution in [1.82, 2.24) is 14.8 Å². The molecule has 0 bridgehead atoms. The van der Waals surface area contributed by atoms with Crippen LogP contribution < -0.4 is 0 Å². The molecule has 6 heteroatoms. The fourth-order valence-corrected chi connectivity index (χ4v) is 3.67. The molecule has 0 aliphatic carbocycles. The van der Waals surface area contributed by atoms with Crippen LogP contribution in [0.4, 0.5) is 0 Å². The summed E-state index contributed by atoms with van der Waals surface area (Å²) in [6.07, 6.45) is 1.81. The van der Waals surface area contributed by atoms with Crippen molar-refractivity contribution in [3.63, 3.8) is 0 Å². The molecule has 132 valence electrons. The molecule has 4 nitrogen and oxygen atoms in total. The normalized spacial score (nSPS) is 10.7. The summed E-state index contributed by atoms with van der Waals surface area (Å²) in [7, 11) is 0. The number of rotatable bonds is 7. The van der Waals surface area contributed by atoms with Crippen molar-refractivity contribution in [2.75, 3.05) is 5.75 Å². The molecule has 0 amide bonds. The van der Waals surface area contributed by atoms with Gasteiger partial charge in [0, 0.05) is 22.1 Å². The molecule has 0 aliphatic heterocycles. The Kier molecular flexibility index (Phi) is 6.06. The third kappa shape index (κ3) is 4.14. The van der Waals surface area contributed by atoms with E-state index in [4.69, 9.17) is 0 Å². The number of aryl methyl sites for hydroxylation is 1. The van der Waals surface area contributed by atoms with Gasteiger partial charge in [0.2, 0.25) is 0 Å². The van der Waals surface area contributed by atoms with E-state index in [2.05, 4.69) is 32.7 Å². The lowest BCUT2D eigenvalue weighted by Gasteiger charge is -2.09. The summed E-state index contributed by atoms with van der Waals surface area (Å²) in [6, 6.07) is 15.4. The van der Waals surface area contributed by atoms with Crippen LogP contribution in [-0.2, 0) is 6.54 Å². The minimum Gasteiger partial charge on any atom is -0.298 e. The van der Waals surface area contributed by atoms with Crippen molar-refractivity contribution in [3.05, 3.63) is 76.8 Å². The summed E-state index contributed by atoms with van der Waals surface area (Å²) in [6.45, 7) is 6.46. The first-order valence-electron chi connectivity index (χ1n) is 8.12. The summed E-state index contributed by atoms with van der Waals surface area (Å²) in [5.74, 6) is 1.17. The van der Waals surface area contributed by atoms with E-state index in [0.717, 1.165) is 21.4 Å². The Morgan fingerprint density at radius 1 is 1.19 bits per heavy atom. The van der Waals surface area contributed by atoms with Gasteiger partial charge in [0.25, 0.3) is 0 Å². The van der Waals surface area contributed by atoms with Crippen LogP contribution in [-0.4, -0.2) is 26.3 Å². The van der Waals surface area contributed by atoms with Crippen molar-refractivity contribution < 1.29 is 4.79 Å². The number of thioether (sulfide) groups is 1. The predicted octanol–water partition coefficient (Wildman–Crippen LogP) is 5.18. The Labute approximate surface area is 165 Å². The lowest BCUT2D eigenvalue weighted by molar-refractivity contribution is 0.102. The van der Waals surface area contributed by atoms with E-state index in [1.165, 1.54) is 11.8 Å². The highest BCUT2D eigenvalue weighted by molar-refractivity contribution is 9.10. The first kappa shape index (κ1) is 18.6. The van der Waals surface area contributed by atoms with E-state index < -0.39 is 0 Å². The number of carbonyl (C=O) groups excluding carboxylic acids is 1. The maximum absolute atomic E-state index is 12.4. The number of hydrogen-bond acceptors (Lipinski definition) is 4. The van der Waals surface area contributed by atoms with Crippen LogP contribution in [0.2, 0.25) is 0 Å². The van der Waals surface area contributed by atoms with Gasteiger partial charge in [0.15, 0.2) is 16.8 Å². The van der Waals surface area contributed by atoms with E-state index >= 15 is 0 Å². The van der Waals surface area contributed by atoms with Gasteiger partial charge in [-0.05, 0) is 24.6 Å². The third-order valence-electron chi connectivity index (χ3n) is 3.91. The molecule has 0 N–H and O–H groups in total. The number of carbonyl (C=O) groups is 1. The second-order valence-corrected chi connectivity index (χ2v) is 7.60. The van der Waals surface area contributed by atoms with Gasteiger partial charge in [0.05, 0.1) is 5.75 Å². The average molecular weight is 428 g/mol. The molecule has 3 rings (SSSR count). The van der Waals surface area contributed by atoms with Crippen LogP contribution >= 0.6 is 27.7 Å². The average Bonchev–Trinajstić information content (AvgIpc) is 3.03. The number of nitrogens with zero attached hydrogens (tertiary/aromatic N) is 3. The number of hydrogen-bond donors (Lipinski definition) is 0. The highest BCUT2D eigenvalue weighted by Gasteiger charge is 2.16. The van der Waals surface area contributed by atoms with Crippen molar-refractivity contribution in [2.45, 2.75) is 18.6 Å². The number of Topliss-reactive ketones (excluding diaryl/α,β-unsaturated/α-hetero) is 1. The van der Waals surface area contributed by atoms with Gasteiger partial charge >= 0.3 is 0 Å². The smallest absolute Gasteiger partial charge is 0.192 e. The Morgan fingerprint density at radius 3 is 2.62 bits per heavy atom. The molecule has 0 saturated carbocycles. The van der Waals surface area contributed by atoms with Crippen LogP contribution in [0, 0.1) is 6.92 Å². The van der Waals surface area contributed by atoms with Gasteiger partial charge in [0.1, 0.15) is 0 Å². The zero-order valence-electron chi connectivity index (χ0n) is 14.4. The zero-order chi connectivity index (χ0) is 18.5. The quantitative estimate of drug-likeness (QED) is 0.296. The summed E-state index contributed by atoms with van der Waals surface area (Å²) in [5.41, 5.74) is 2.86. The van der Waals surface area contributed by atoms with Crippen molar-refractivity contribution in [1.29, 1.82) is 0 Å². The molecule has 0 fully saturated rings. The van der Waals surface area contributed by atoms with Gasteiger partial charge in [-0.15, -0.1) is 16.8 Å². The van der Waals surface area contributed by atoms with E-state index in [1.54, 1.807) is 0 Å². The number of allylic oxidation sites excluding steroid dienone is 1. The van der Waals surface area contributed by atoms with Crippen LogP contribution in [0.1, 0.15) is 15.9 Å². The Bertz CT molecular complexity index is 934. The third-order valence-corrected chi connectivity index (χ3v) is 5.41. The summed E-state index contributed by atoms with van der Waals surface area (Å²) < 4.78 is 2.95. The molecule has 26 heavy (non-hydrogen) atoms. The Balaban J connectivity index is 1.82. The molecular weight excluding hydrogens is 410 g/mol. The minimum absolute atomic E-state index is 0.0631. The van der Waals surface area contributed by atoms with Gasteiger partial charge in [-0.1, -0.05) is 70.2 Å². The molecule has 1 aromatic heterocycles. The van der Waals surface area contributed by atoms with Gasteiger partial charge in [-0.2, -0.15) is 0 Å². The molecule has 0 unspecified atom stereocenters. The van der Waals surface area contributed by atoms with Crippen LogP contribution in [0.25, 0.3) is 11.4 Å². The number of aromatic nitrogens is 3. The van der Waals surface area contributed by atoms with Gasteiger partial charge in [-0.25, -0.2) is 0 Å². The molecule has 0 saturated heterocycles. The van der Waals surface area contributed by atoms with Crippen molar-refractivity contribution >= 4 is 33.5 Å². The van der Waals surface area contributed by atoms with E-state index in [0.29, 0.717) is 23.0 Å². The highest BCUT2D eigenvalue weighted by atomic mass is 79.9. The summed E-state index contributed by atoms with van der Waals surface area (Å²) in [4.78, 5) is 12.4. The largest absolute Gasteiger partial charge is 0.298 e. The van der Waals surface area contributed by atoms with E-state index in [1.807, 2.05) is 66.1 Å². The molecule has 0 aliphatic rings. The molecule has 0 atom stereocenters. The lowest BCUT2D eigenvalue weighted by atomic mass is 10.1. The first-order valence-corrected chi connectivity index (χ1v) is 9.89. The first-order chi connectivity index (χ1) is 12.6. The maximum Gasteiger partial charge on any atom is 0.192 e. The molecule has 3 aromatic rings. The molecular formula is C20H18BrN3OS. The predicted molar refractivity (Wildman–Crippen MR) is 110 cm³/mol. The number of ketones is 1. The molecule has 1 heterocycles. The standard InChI is InChI=1S/C20H18BrN3OS/c1-3-12-24-19(17-7-5-4-6-14(17)2)22-23-20(24)26-13-18(25)15-8-10-16(21)11-9-15/h3-11H,1,12-13H2,2H3. The van der Waals surface area contributed by atoms with E-state index in [-0.39, 0.29) is 5.78 Å². The Hall–Kier alpha value is -2.18. The highest BCUT2D eigenvalue weighted by Crippen LogP contribution is 2.26. The molecule has 0 radical (unpaired) electrons. The number of benzene rings is 2. The molecule has 0 spiro atoms. The fourth-order valence-electron chi connectivity index (χ4n) is 2.56. The van der Waals surface area contributed by atoms with Crippen LogP contribution in [0.3, 0.4) is 0 Å². The van der Waals surface area contributed by atoms with Crippen molar-refractivity contribution in [3.8, 4) is 11.4 Å². The second-order valence-electron chi connectivity index (χ2n) is 5.74. The zero-order valence-corrected chi connectivity index (χ0v) is 16.8. The number of halogens is 1. The van der Waals surface area contributed by atoms with Crippen molar-refractivity contribution in [2.24, 2.45) is 0 Å². The summed E-state index contributed by atoms with van der Waals surface area (Å²) in [5, 5.41) is 9.37.